The minimum Gasteiger partial charge on any atom is -0.324 e. The number of halogens is 2. The highest BCUT2D eigenvalue weighted by Crippen LogP contribution is 2.22. The molecule has 94 valence electrons. The summed E-state index contributed by atoms with van der Waals surface area (Å²) < 4.78 is 0.908. The number of nitrogens with two attached hydrogens (primary N) is 1. The molecule has 0 heterocycles. The lowest BCUT2D eigenvalue weighted by Gasteiger charge is -2.12. The van der Waals surface area contributed by atoms with Gasteiger partial charge in [0.2, 0.25) is 5.91 Å². The summed E-state index contributed by atoms with van der Waals surface area (Å²) in [7, 11) is 0. The Hall–Kier alpha value is -0.330. The second kappa shape index (κ2) is 7.18. The predicted molar refractivity (Wildman–Crippen MR) is 80.3 cm³/mol. The molecule has 0 aromatic heterocycles. The van der Waals surface area contributed by atoms with E-state index in [4.69, 9.17) is 17.3 Å². The molecule has 0 aliphatic rings. The molecule has 3 nitrogen and oxygen atoms in total. The molecule has 1 rings (SSSR count). The number of carbonyl (C=O) groups excluding carboxylic acids is 1. The molecule has 17 heavy (non-hydrogen) atoms. The maximum absolute atomic E-state index is 11.8. The van der Waals surface area contributed by atoms with E-state index in [9.17, 15) is 4.79 Å². The van der Waals surface area contributed by atoms with Crippen molar-refractivity contribution < 1.29 is 4.79 Å². The fraction of sp³-hybridized carbons (Fsp3) is 0.417. The Labute approximate surface area is 120 Å². The molecule has 0 unspecified atom stereocenters. The summed E-state index contributed by atoms with van der Waals surface area (Å²) in [6, 6.07) is 4.89. The summed E-state index contributed by atoms with van der Waals surface area (Å²) in [5.41, 5.74) is 6.55. The molecule has 1 aromatic rings. The van der Waals surface area contributed by atoms with Gasteiger partial charge in [-0.3, -0.25) is 4.79 Å². The van der Waals surface area contributed by atoms with Crippen molar-refractivity contribution >= 4 is 45.8 Å². The molecule has 3 N–H and O–H groups in total. The highest BCUT2D eigenvalue weighted by molar-refractivity contribution is 14.1. The fourth-order valence-corrected chi connectivity index (χ4v) is 2.38. The van der Waals surface area contributed by atoms with Gasteiger partial charge >= 0.3 is 0 Å². The third kappa shape index (κ3) is 4.81. The van der Waals surface area contributed by atoms with Crippen molar-refractivity contribution in [3.05, 3.63) is 26.8 Å². The number of benzene rings is 1. The first-order valence-electron chi connectivity index (χ1n) is 5.56. The van der Waals surface area contributed by atoms with Gasteiger partial charge in [-0.2, -0.15) is 0 Å². The van der Waals surface area contributed by atoms with Crippen molar-refractivity contribution in [2.24, 2.45) is 5.73 Å². The SMILES string of the molecule is CCCC[C@H](N)C(=O)Nc1ccc(Cl)cc1I. The van der Waals surface area contributed by atoms with Gasteiger partial charge in [-0.25, -0.2) is 0 Å². The van der Waals surface area contributed by atoms with Crippen LogP contribution in [0.25, 0.3) is 0 Å². The van der Waals surface area contributed by atoms with Gasteiger partial charge in [0.25, 0.3) is 0 Å². The highest BCUT2D eigenvalue weighted by Gasteiger charge is 2.13. The fourth-order valence-electron chi connectivity index (χ4n) is 1.37. The largest absolute Gasteiger partial charge is 0.324 e. The van der Waals surface area contributed by atoms with Gasteiger partial charge in [0, 0.05) is 8.59 Å². The van der Waals surface area contributed by atoms with Gasteiger partial charge < -0.3 is 11.1 Å². The van der Waals surface area contributed by atoms with E-state index in [0.29, 0.717) is 11.4 Å². The summed E-state index contributed by atoms with van der Waals surface area (Å²) >= 11 is 7.97. The Bertz CT molecular complexity index is 398. The van der Waals surface area contributed by atoms with Crippen LogP contribution in [0.4, 0.5) is 5.69 Å². The van der Waals surface area contributed by atoms with Crippen molar-refractivity contribution in [3.8, 4) is 0 Å². The molecule has 0 spiro atoms. The third-order valence-electron chi connectivity index (χ3n) is 2.39. The topological polar surface area (TPSA) is 55.1 Å². The standard InChI is InChI=1S/C12H16ClIN2O/c1-2-3-4-10(15)12(17)16-11-6-5-8(13)7-9(11)14/h5-7,10H,2-4,15H2,1H3,(H,16,17)/t10-/m0/s1. The number of hydrogen-bond donors (Lipinski definition) is 2. The molecule has 1 amide bonds. The lowest BCUT2D eigenvalue weighted by atomic mass is 10.1. The van der Waals surface area contributed by atoms with Gasteiger partial charge in [0.15, 0.2) is 0 Å². The number of carbonyl (C=O) groups is 1. The monoisotopic (exact) mass is 366 g/mol. The molecule has 0 fully saturated rings. The van der Waals surface area contributed by atoms with E-state index < -0.39 is 6.04 Å². The Morgan fingerprint density at radius 2 is 2.29 bits per heavy atom. The smallest absolute Gasteiger partial charge is 0.241 e. The molecule has 0 saturated heterocycles. The van der Waals surface area contributed by atoms with Crippen LogP contribution in [0.15, 0.2) is 18.2 Å². The number of hydrogen-bond acceptors (Lipinski definition) is 2. The molecule has 1 aromatic carbocycles. The zero-order chi connectivity index (χ0) is 12.8. The Balaban J connectivity index is 2.61. The first kappa shape index (κ1) is 14.7. The minimum atomic E-state index is -0.443. The molecule has 1 atom stereocenters. The number of rotatable bonds is 5. The van der Waals surface area contributed by atoms with Gasteiger partial charge in [-0.1, -0.05) is 31.4 Å². The van der Waals surface area contributed by atoms with Crippen LogP contribution in [0.1, 0.15) is 26.2 Å². The molecule has 0 aliphatic heterocycles. The van der Waals surface area contributed by atoms with E-state index in [-0.39, 0.29) is 5.91 Å². The normalized spacial score (nSPS) is 12.2. The molecular weight excluding hydrogens is 351 g/mol. The van der Waals surface area contributed by atoms with Crippen molar-refractivity contribution in [2.75, 3.05) is 5.32 Å². The second-order valence-corrected chi connectivity index (χ2v) is 5.46. The summed E-state index contributed by atoms with van der Waals surface area (Å²) in [4.78, 5) is 11.8. The van der Waals surface area contributed by atoms with Crippen molar-refractivity contribution in [3.63, 3.8) is 0 Å². The van der Waals surface area contributed by atoms with Crippen molar-refractivity contribution in [2.45, 2.75) is 32.2 Å². The molecule has 0 saturated carbocycles. The van der Waals surface area contributed by atoms with Crippen LogP contribution in [0.3, 0.4) is 0 Å². The van der Waals surface area contributed by atoms with Crippen LogP contribution in [-0.2, 0) is 4.79 Å². The minimum absolute atomic E-state index is 0.140. The van der Waals surface area contributed by atoms with E-state index >= 15 is 0 Å². The van der Waals surface area contributed by atoms with E-state index in [1.807, 2.05) is 0 Å². The Morgan fingerprint density at radius 3 is 2.88 bits per heavy atom. The number of anilines is 1. The average molecular weight is 367 g/mol. The molecule has 0 aliphatic carbocycles. The second-order valence-electron chi connectivity index (χ2n) is 3.86. The van der Waals surface area contributed by atoms with Crippen LogP contribution < -0.4 is 11.1 Å². The Morgan fingerprint density at radius 1 is 1.59 bits per heavy atom. The predicted octanol–water partition coefficient (Wildman–Crippen LogP) is 3.40. The lowest BCUT2D eigenvalue weighted by molar-refractivity contribution is -0.117. The number of nitrogens with one attached hydrogen (secondary N) is 1. The van der Waals surface area contributed by atoms with E-state index in [2.05, 4.69) is 34.8 Å². The number of unbranched alkanes of at least 4 members (excludes halogenated alkanes) is 1. The van der Waals surface area contributed by atoms with Crippen LogP contribution >= 0.6 is 34.2 Å². The van der Waals surface area contributed by atoms with E-state index in [1.165, 1.54) is 0 Å². The number of amides is 1. The maximum atomic E-state index is 11.8. The zero-order valence-electron chi connectivity index (χ0n) is 9.67. The lowest BCUT2D eigenvalue weighted by Crippen LogP contribution is -2.35. The highest BCUT2D eigenvalue weighted by atomic mass is 127. The van der Waals surface area contributed by atoms with Gasteiger partial charge in [0.1, 0.15) is 0 Å². The molecular formula is C12H16ClIN2O. The van der Waals surface area contributed by atoms with Crippen LogP contribution in [-0.4, -0.2) is 11.9 Å². The third-order valence-corrected chi connectivity index (χ3v) is 3.52. The van der Waals surface area contributed by atoms with Crippen LogP contribution in [0.2, 0.25) is 5.02 Å². The summed E-state index contributed by atoms with van der Waals surface area (Å²) in [5.74, 6) is -0.140. The van der Waals surface area contributed by atoms with Gasteiger partial charge in [-0.15, -0.1) is 0 Å². The van der Waals surface area contributed by atoms with Crippen molar-refractivity contribution in [1.82, 2.24) is 0 Å². The first-order valence-corrected chi connectivity index (χ1v) is 7.01. The van der Waals surface area contributed by atoms with Crippen LogP contribution in [0, 0.1) is 3.57 Å². The van der Waals surface area contributed by atoms with Crippen molar-refractivity contribution in [1.29, 1.82) is 0 Å². The van der Waals surface area contributed by atoms with Gasteiger partial charge in [-0.05, 0) is 47.2 Å². The van der Waals surface area contributed by atoms with E-state index in [0.717, 1.165) is 22.1 Å². The molecule has 5 heteroatoms. The summed E-state index contributed by atoms with van der Waals surface area (Å²) in [6.07, 6.45) is 2.72. The summed E-state index contributed by atoms with van der Waals surface area (Å²) in [6.45, 7) is 2.08. The average Bonchev–Trinajstić information content (AvgIpc) is 2.29. The zero-order valence-corrected chi connectivity index (χ0v) is 12.6. The molecule has 0 bridgehead atoms. The van der Waals surface area contributed by atoms with E-state index in [1.54, 1.807) is 18.2 Å². The Kier molecular flexibility index (Phi) is 6.22. The summed E-state index contributed by atoms with van der Waals surface area (Å²) in [5, 5.41) is 3.47. The molecule has 0 radical (unpaired) electrons. The quantitative estimate of drug-likeness (QED) is 0.785. The maximum Gasteiger partial charge on any atom is 0.241 e. The van der Waals surface area contributed by atoms with Crippen LogP contribution in [0.5, 0.6) is 0 Å². The van der Waals surface area contributed by atoms with Gasteiger partial charge in [0.05, 0.1) is 11.7 Å². The first-order chi connectivity index (χ1) is 8.04.